The first-order valence-electron chi connectivity index (χ1n) is 12.7. The van der Waals surface area contributed by atoms with Crippen LogP contribution in [0.15, 0.2) is 44.4 Å². The molecule has 2 aliphatic heterocycles. The molecule has 9 nitrogen and oxygen atoms in total. The molecule has 0 amide bonds. The number of halogens is 3. The van der Waals surface area contributed by atoms with Crippen molar-refractivity contribution in [2.75, 3.05) is 37.9 Å². The van der Waals surface area contributed by atoms with Gasteiger partial charge >= 0.3 is 5.76 Å². The lowest BCUT2D eigenvalue weighted by Crippen LogP contribution is -2.53. The summed E-state index contributed by atoms with van der Waals surface area (Å²) in [6, 6.07) is 6.28. The number of anilines is 1. The summed E-state index contributed by atoms with van der Waals surface area (Å²) < 4.78 is 63.3. The lowest BCUT2D eigenvalue weighted by Gasteiger charge is -2.44. The number of nitrogens with one attached hydrogen (secondary N) is 1. The van der Waals surface area contributed by atoms with E-state index in [1.807, 2.05) is 16.7 Å². The second-order valence-corrected chi connectivity index (χ2v) is 12.4. The first-order chi connectivity index (χ1) is 18.5. The highest BCUT2D eigenvalue weighted by atomic mass is 35.5. The predicted octanol–water partition coefficient (Wildman–Crippen LogP) is 4.13. The van der Waals surface area contributed by atoms with Crippen LogP contribution in [0.2, 0.25) is 5.02 Å². The highest BCUT2D eigenvalue weighted by molar-refractivity contribution is 7.89. The van der Waals surface area contributed by atoms with Crippen LogP contribution in [0.1, 0.15) is 47.9 Å². The largest absolute Gasteiger partial charge is 0.434 e. The Balaban J connectivity index is 1.66. The van der Waals surface area contributed by atoms with Gasteiger partial charge in [0.15, 0.2) is 0 Å². The molecule has 13 heteroatoms. The lowest BCUT2D eigenvalue weighted by atomic mass is 9.87. The SMILES string of the molecule is Cc1ccc(F)c([C@@H](C)[C@@H](c2n[nH]c(=O)o2)N2CN([C@@H]3CCN(CCF)C3)c3cc(Cl)ccc3S2(=O)=O)c1C. The molecule has 5 rings (SSSR count). The smallest absolute Gasteiger partial charge is 0.391 e. The van der Waals surface area contributed by atoms with Gasteiger partial charge in [-0.15, -0.1) is 5.10 Å². The Bertz CT molecular complexity index is 1550. The molecule has 0 aliphatic carbocycles. The minimum absolute atomic E-state index is 0.0265. The van der Waals surface area contributed by atoms with E-state index in [0.717, 1.165) is 5.56 Å². The minimum atomic E-state index is -4.19. The maximum atomic E-state index is 15.3. The summed E-state index contributed by atoms with van der Waals surface area (Å²) in [6.45, 7) is 6.20. The van der Waals surface area contributed by atoms with E-state index in [0.29, 0.717) is 47.9 Å². The fourth-order valence-electron chi connectivity index (χ4n) is 5.78. The van der Waals surface area contributed by atoms with Crippen molar-refractivity contribution in [2.24, 2.45) is 0 Å². The minimum Gasteiger partial charge on any atom is -0.391 e. The van der Waals surface area contributed by atoms with E-state index >= 15 is 4.39 Å². The highest BCUT2D eigenvalue weighted by Crippen LogP contribution is 2.45. The maximum absolute atomic E-state index is 15.3. The molecule has 1 fully saturated rings. The topological polar surface area (TPSA) is 103 Å². The summed E-state index contributed by atoms with van der Waals surface area (Å²) in [5.41, 5.74) is 2.26. The fraction of sp³-hybridized carbons (Fsp3) is 0.462. The van der Waals surface area contributed by atoms with Crippen molar-refractivity contribution < 1.29 is 21.6 Å². The molecule has 1 saturated heterocycles. The number of hydrogen-bond donors (Lipinski definition) is 1. The summed E-state index contributed by atoms with van der Waals surface area (Å²) in [4.78, 5) is 16.0. The van der Waals surface area contributed by atoms with Gasteiger partial charge in [-0.25, -0.2) is 27.1 Å². The van der Waals surface area contributed by atoms with Crippen LogP contribution in [0, 0.1) is 19.7 Å². The first-order valence-corrected chi connectivity index (χ1v) is 14.5. The number of likely N-dealkylation sites (tertiary alicyclic amines) is 1. The number of fused-ring (bicyclic) bond motifs is 1. The molecular weight excluding hydrogens is 552 g/mol. The van der Waals surface area contributed by atoms with Gasteiger partial charge in [0.05, 0.1) is 12.4 Å². The molecule has 3 heterocycles. The van der Waals surface area contributed by atoms with Gasteiger partial charge in [-0.1, -0.05) is 24.6 Å². The molecule has 0 unspecified atom stereocenters. The molecule has 1 N–H and O–H groups in total. The zero-order valence-corrected chi connectivity index (χ0v) is 23.4. The Morgan fingerprint density at radius 1 is 1.26 bits per heavy atom. The van der Waals surface area contributed by atoms with Crippen molar-refractivity contribution in [1.82, 2.24) is 19.4 Å². The normalized spacial score (nSPS) is 21.2. The Hall–Kier alpha value is -2.80. The van der Waals surface area contributed by atoms with Crippen molar-refractivity contribution in [3.05, 3.63) is 74.3 Å². The van der Waals surface area contributed by atoms with Crippen molar-refractivity contribution in [1.29, 1.82) is 0 Å². The average molecular weight is 582 g/mol. The third-order valence-corrected chi connectivity index (χ3v) is 9.97. The Morgan fingerprint density at radius 3 is 2.72 bits per heavy atom. The number of aryl methyl sites for hydroxylation is 1. The lowest BCUT2D eigenvalue weighted by molar-refractivity contribution is 0.228. The van der Waals surface area contributed by atoms with Gasteiger partial charge in [0.2, 0.25) is 15.9 Å². The van der Waals surface area contributed by atoms with E-state index < -0.39 is 40.2 Å². The van der Waals surface area contributed by atoms with Crippen molar-refractivity contribution in [2.45, 2.75) is 50.1 Å². The number of benzene rings is 2. The number of alkyl halides is 1. The van der Waals surface area contributed by atoms with E-state index in [-0.39, 0.29) is 23.5 Å². The fourth-order valence-corrected chi connectivity index (χ4v) is 7.72. The zero-order valence-electron chi connectivity index (χ0n) is 21.8. The molecular formula is C26H30ClF2N5O4S. The van der Waals surface area contributed by atoms with Crippen molar-refractivity contribution in [3.63, 3.8) is 0 Å². The van der Waals surface area contributed by atoms with E-state index in [9.17, 15) is 17.6 Å². The standard InChI is InChI=1S/C26H30ClF2N5O4S/c1-15-4-6-20(29)23(16(15)2)17(3)24(25-30-31-26(35)38-25)34-14-33(19-8-10-32(13-19)11-9-28)21-12-18(27)5-7-22(21)39(34,36)37/h4-7,12,17,19,24H,8-11,13-14H2,1-3H3,(H,31,35)/t17-,19-,24+/m1/s1. The number of aromatic nitrogens is 2. The van der Waals surface area contributed by atoms with E-state index in [1.54, 1.807) is 26.0 Å². The molecule has 0 radical (unpaired) electrons. The second-order valence-electron chi connectivity index (χ2n) is 10.1. The predicted molar refractivity (Wildman–Crippen MR) is 143 cm³/mol. The molecule has 2 aromatic carbocycles. The van der Waals surface area contributed by atoms with Crippen LogP contribution in [0.5, 0.6) is 0 Å². The van der Waals surface area contributed by atoms with E-state index in [4.69, 9.17) is 16.0 Å². The Labute approximate surface area is 230 Å². The van der Waals surface area contributed by atoms with Gasteiger partial charge in [0.1, 0.15) is 23.4 Å². The van der Waals surface area contributed by atoms with Crippen molar-refractivity contribution in [3.8, 4) is 0 Å². The van der Waals surface area contributed by atoms with Crippen LogP contribution in [0.25, 0.3) is 0 Å². The molecule has 2 aliphatic rings. The van der Waals surface area contributed by atoms with Crippen LogP contribution in [-0.2, 0) is 10.0 Å². The monoisotopic (exact) mass is 581 g/mol. The number of rotatable bonds is 7. The number of aromatic amines is 1. The van der Waals surface area contributed by atoms with Gasteiger partial charge < -0.3 is 9.32 Å². The summed E-state index contributed by atoms with van der Waals surface area (Å²) in [6.07, 6.45) is 0.684. The summed E-state index contributed by atoms with van der Waals surface area (Å²) in [5.74, 6) is -2.29. The van der Waals surface area contributed by atoms with Gasteiger partial charge in [-0.05, 0) is 61.2 Å². The van der Waals surface area contributed by atoms with Crippen LogP contribution in [0.4, 0.5) is 14.5 Å². The van der Waals surface area contributed by atoms with Crippen molar-refractivity contribution >= 4 is 27.3 Å². The molecule has 3 atom stereocenters. The van der Waals surface area contributed by atoms with Gasteiger partial charge in [0, 0.05) is 36.6 Å². The second kappa shape index (κ2) is 10.6. The third-order valence-electron chi connectivity index (χ3n) is 7.88. The van der Waals surface area contributed by atoms with Crippen LogP contribution >= 0.6 is 11.6 Å². The Kier molecular flexibility index (Phi) is 7.57. The molecule has 3 aromatic rings. The molecule has 210 valence electrons. The number of H-pyrrole nitrogens is 1. The zero-order chi connectivity index (χ0) is 28.1. The number of hydrogen-bond acceptors (Lipinski definition) is 7. The average Bonchev–Trinajstić information content (AvgIpc) is 3.52. The quantitative estimate of drug-likeness (QED) is 0.447. The first kappa shape index (κ1) is 27.8. The van der Waals surface area contributed by atoms with Crippen LogP contribution < -0.4 is 10.7 Å². The Morgan fingerprint density at radius 2 is 2.03 bits per heavy atom. The van der Waals surface area contributed by atoms with Crippen LogP contribution in [0.3, 0.4) is 0 Å². The number of nitrogens with zero attached hydrogens (tertiary/aromatic N) is 4. The summed E-state index contributed by atoms with van der Waals surface area (Å²) in [7, 11) is -4.19. The van der Waals surface area contributed by atoms with E-state index in [1.165, 1.54) is 22.5 Å². The molecule has 39 heavy (non-hydrogen) atoms. The van der Waals surface area contributed by atoms with Gasteiger partial charge in [0.25, 0.3) is 0 Å². The summed E-state index contributed by atoms with van der Waals surface area (Å²) >= 11 is 6.30. The summed E-state index contributed by atoms with van der Waals surface area (Å²) in [5, 5.41) is 6.58. The molecule has 0 bridgehead atoms. The molecule has 0 spiro atoms. The highest BCUT2D eigenvalue weighted by Gasteiger charge is 2.47. The van der Waals surface area contributed by atoms with Gasteiger partial charge in [-0.3, -0.25) is 4.90 Å². The third kappa shape index (κ3) is 4.99. The van der Waals surface area contributed by atoms with Gasteiger partial charge in [-0.2, -0.15) is 4.31 Å². The van der Waals surface area contributed by atoms with Crippen LogP contribution in [-0.4, -0.2) is 66.8 Å². The molecule has 0 saturated carbocycles. The maximum Gasteiger partial charge on any atom is 0.434 e. The number of sulfonamides is 1. The molecule has 1 aromatic heterocycles. The van der Waals surface area contributed by atoms with E-state index in [2.05, 4.69) is 10.2 Å².